The second-order valence-electron chi connectivity index (χ2n) is 6.01. The monoisotopic (exact) mass is 238 g/mol. The molecule has 3 heterocycles. The molecule has 3 saturated heterocycles. The summed E-state index contributed by atoms with van der Waals surface area (Å²) in [5.41, 5.74) is 0. The van der Waals surface area contributed by atoms with Gasteiger partial charge < -0.3 is 10.1 Å². The van der Waals surface area contributed by atoms with Gasteiger partial charge in [-0.1, -0.05) is 6.42 Å². The maximum absolute atomic E-state index is 5.87. The van der Waals surface area contributed by atoms with Crippen LogP contribution in [0.2, 0.25) is 0 Å². The summed E-state index contributed by atoms with van der Waals surface area (Å²) in [6.45, 7) is 4.91. The van der Waals surface area contributed by atoms with Gasteiger partial charge in [0.05, 0.1) is 12.2 Å². The third kappa shape index (κ3) is 3.21. The zero-order valence-corrected chi connectivity index (χ0v) is 10.9. The number of piperidine rings is 1. The highest BCUT2D eigenvalue weighted by atomic mass is 16.5. The molecule has 98 valence electrons. The molecule has 0 saturated carbocycles. The standard InChI is InChI=1S/C14H26N2O/c1-2-8-15-12(4-1)5-3-9-16-10-13-6-7-14(11-16)17-13/h12-15H,1-11H2. The van der Waals surface area contributed by atoms with E-state index in [1.165, 1.54) is 71.1 Å². The van der Waals surface area contributed by atoms with Crippen molar-refractivity contribution in [3.8, 4) is 0 Å². The molecule has 3 heteroatoms. The lowest BCUT2D eigenvalue weighted by atomic mass is 10.0. The lowest BCUT2D eigenvalue weighted by Gasteiger charge is -2.32. The summed E-state index contributed by atoms with van der Waals surface area (Å²) in [5, 5.41) is 3.64. The summed E-state index contributed by atoms with van der Waals surface area (Å²) in [5.74, 6) is 0. The Morgan fingerprint density at radius 3 is 2.59 bits per heavy atom. The number of ether oxygens (including phenoxy) is 1. The maximum atomic E-state index is 5.87. The van der Waals surface area contributed by atoms with Crippen LogP contribution in [0.4, 0.5) is 0 Å². The maximum Gasteiger partial charge on any atom is 0.0707 e. The van der Waals surface area contributed by atoms with Crippen molar-refractivity contribution in [3.05, 3.63) is 0 Å². The molecule has 3 nitrogen and oxygen atoms in total. The first kappa shape index (κ1) is 11.9. The van der Waals surface area contributed by atoms with Crippen LogP contribution < -0.4 is 5.32 Å². The van der Waals surface area contributed by atoms with Crippen molar-refractivity contribution >= 4 is 0 Å². The normalized spacial score (nSPS) is 38.5. The van der Waals surface area contributed by atoms with E-state index < -0.39 is 0 Å². The molecule has 0 aromatic carbocycles. The Kier molecular flexibility index (Phi) is 3.99. The first-order valence-electron chi connectivity index (χ1n) is 7.51. The third-order valence-electron chi connectivity index (χ3n) is 4.56. The fraction of sp³-hybridized carbons (Fsp3) is 1.00. The smallest absolute Gasteiger partial charge is 0.0707 e. The van der Waals surface area contributed by atoms with Gasteiger partial charge in [-0.15, -0.1) is 0 Å². The van der Waals surface area contributed by atoms with Crippen molar-refractivity contribution in [2.45, 2.75) is 63.2 Å². The molecule has 0 aromatic heterocycles. The third-order valence-corrected chi connectivity index (χ3v) is 4.56. The lowest BCUT2D eigenvalue weighted by Crippen LogP contribution is -2.43. The average molecular weight is 238 g/mol. The first-order valence-corrected chi connectivity index (χ1v) is 7.51. The lowest BCUT2D eigenvalue weighted by molar-refractivity contribution is -0.0387. The summed E-state index contributed by atoms with van der Waals surface area (Å²) in [7, 11) is 0. The molecule has 0 aliphatic carbocycles. The van der Waals surface area contributed by atoms with Crippen LogP contribution in [0.5, 0.6) is 0 Å². The van der Waals surface area contributed by atoms with Crippen LogP contribution in [0, 0.1) is 0 Å². The number of nitrogens with one attached hydrogen (secondary N) is 1. The predicted molar refractivity (Wildman–Crippen MR) is 69.2 cm³/mol. The Morgan fingerprint density at radius 1 is 1.06 bits per heavy atom. The number of rotatable bonds is 4. The Balaban J connectivity index is 1.34. The van der Waals surface area contributed by atoms with Crippen LogP contribution >= 0.6 is 0 Å². The molecule has 3 aliphatic rings. The van der Waals surface area contributed by atoms with Crippen LogP contribution in [0.1, 0.15) is 44.9 Å². The van der Waals surface area contributed by atoms with Crippen molar-refractivity contribution < 1.29 is 4.74 Å². The van der Waals surface area contributed by atoms with Gasteiger partial charge in [0, 0.05) is 19.1 Å². The van der Waals surface area contributed by atoms with Gasteiger partial charge in [-0.25, -0.2) is 0 Å². The molecule has 1 N–H and O–H groups in total. The van der Waals surface area contributed by atoms with Gasteiger partial charge in [-0.3, -0.25) is 4.90 Å². The van der Waals surface area contributed by atoms with Gasteiger partial charge in [0.2, 0.25) is 0 Å². The Morgan fingerprint density at radius 2 is 1.88 bits per heavy atom. The van der Waals surface area contributed by atoms with Gasteiger partial charge in [0.15, 0.2) is 0 Å². The van der Waals surface area contributed by atoms with Crippen LogP contribution in [-0.2, 0) is 4.74 Å². The minimum atomic E-state index is 0.557. The van der Waals surface area contributed by atoms with E-state index in [2.05, 4.69) is 10.2 Å². The molecule has 0 spiro atoms. The highest BCUT2D eigenvalue weighted by Crippen LogP contribution is 2.26. The summed E-state index contributed by atoms with van der Waals surface area (Å²) < 4.78 is 5.87. The molecule has 3 unspecified atom stereocenters. The Hall–Kier alpha value is -0.120. The highest BCUT2D eigenvalue weighted by Gasteiger charge is 2.33. The van der Waals surface area contributed by atoms with E-state index in [9.17, 15) is 0 Å². The van der Waals surface area contributed by atoms with Crippen molar-refractivity contribution in [1.29, 1.82) is 0 Å². The molecule has 3 atom stereocenters. The van der Waals surface area contributed by atoms with Crippen LogP contribution in [0.25, 0.3) is 0 Å². The van der Waals surface area contributed by atoms with E-state index in [0.717, 1.165) is 6.04 Å². The van der Waals surface area contributed by atoms with E-state index in [1.54, 1.807) is 0 Å². The van der Waals surface area contributed by atoms with Gasteiger partial charge in [0.25, 0.3) is 0 Å². The summed E-state index contributed by atoms with van der Waals surface area (Å²) in [6, 6.07) is 0.807. The number of fused-ring (bicyclic) bond motifs is 2. The van der Waals surface area contributed by atoms with E-state index >= 15 is 0 Å². The SMILES string of the molecule is C1CCC(CCCN2CC3CCC(C2)O3)NC1. The van der Waals surface area contributed by atoms with Gasteiger partial charge in [0.1, 0.15) is 0 Å². The summed E-state index contributed by atoms with van der Waals surface area (Å²) in [4.78, 5) is 2.63. The van der Waals surface area contributed by atoms with Gasteiger partial charge >= 0.3 is 0 Å². The molecular weight excluding hydrogens is 212 g/mol. The molecule has 3 fully saturated rings. The molecule has 3 rings (SSSR count). The van der Waals surface area contributed by atoms with Gasteiger partial charge in [-0.2, -0.15) is 0 Å². The Bertz CT molecular complexity index is 228. The molecule has 3 aliphatic heterocycles. The number of nitrogens with zero attached hydrogens (tertiary/aromatic N) is 1. The van der Waals surface area contributed by atoms with Crippen molar-refractivity contribution in [2.75, 3.05) is 26.2 Å². The first-order chi connectivity index (χ1) is 8.40. The zero-order chi connectivity index (χ0) is 11.5. The van der Waals surface area contributed by atoms with Crippen molar-refractivity contribution in [2.24, 2.45) is 0 Å². The van der Waals surface area contributed by atoms with E-state index in [4.69, 9.17) is 4.74 Å². The van der Waals surface area contributed by atoms with Crippen LogP contribution in [0.3, 0.4) is 0 Å². The number of hydrogen-bond donors (Lipinski definition) is 1. The minimum absolute atomic E-state index is 0.557. The molecule has 0 aromatic rings. The molecular formula is C14H26N2O. The second-order valence-corrected chi connectivity index (χ2v) is 6.01. The predicted octanol–water partition coefficient (Wildman–Crippen LogP) is 1.77. The fourth-order valence-corrected chi connectivity index (χ4v) is 3.61. The van der Waals surface area contributed by atoms with Crippen molar-refractivity contribution in [1.82, 2.24) is 10.2 Å². The Labute approximate surface area is 105 Å². The van der Waals surface area contributed by atoms with E-state index in [0.29, 0.717) is 12.2 Å². The summed E-state index contributed by atoms with van der Waals surface area (Å²) in [6.07, 6.45) is 10.6. The number of hydrogen-bond acceptors (Lipinski definition) is 3. The van der Waals surface area contributed by atoms with E-state index in [1.807, 2.05) is 0 Å². The minimum Gasteiger partial charge on any atom is -0.372 e. The highest BCUT2D eigenvalue weighted by molar-refractivity contribution is 4.85. The van der Waals surface area contributed by atoms with Gasteiger partial charge in [-0.05, 0) is 51.6 Å². The average Bonchev–Trinajstić information content (AvgIpc) is 2.70. The molecule has 17 heavy (non-hydrogen) atoms. The number of likely N-dealkylation sites (tertiary alicyclic amines) is 1. The van der Waals surface area contributed by atoms with Crippen LogP contribution in [0.15, 0.2) is 0 Å². The molecule has 0 radical (unpaired) electrons. The zero-order valence-electron chi connectivity index (χ0n) is 10.9. The second kappa shape index (κ2) is 5.68. The fourth-order valence-electron chi connectivity index (χ4n) is 3.61. The summed E-state index contributed by atoms with van der Waals surface area (Å²) >= 11 is 0. The van der Waals surface area contributed by atoms with Crippen molar-refractivity contribution in [3.63, 3.8) is 0 Å². The quantitative estimate of drug-likeness (QED) is 0.808. The molecule has 2 bridgehead atoms. The van der Waals surface area contributed by atoms with E-state index in [-0.39, 0.29) is 0 Å². The molecule has 0 amide bonds. The largest absolute Gasteiger partial charge is 0.372 e. The van der Waals surface area contributed by atoms with Crippen LogP contribution in [-0.4, -0.2) is 49.3 Å². The topological polar surface area (TPSA) is 24.5 Å². The number of morpholine rings is 1.